The molecule has 1 amide bonds. The third-order valence-electron chi connectivity index (χ3n) is 5.15. The molecular weight excluding hydrogens is 335 g/mol. The number of nitrogens with one attached hydrogen (secondary N) is 1. The van der Waals surface area contributed by atoms with Crippen molar-refractivity contribution in [1.29, 1.82) is 0 Å². The molecule has 2 aliphatic carbocycles. The molecule has 0 aromatic heterocycles. The van der Waals surface area contributed by atoms with E-state index in [2.05, 4.69) is 5.32 Å². The van der Waals surface area contributed by atoms with Crippen molar-refractivity contribution in [2.75, 3.05) is 11.9 Å². The number of alkyl halides is 3. The molecule has 0 aliphatic heterocycles. The van der Waals surface area contributed by atoms with Crippen molar-refractivity contribution in [2.24, 2.45) is 17.8 Å². The van der Waals surface area contributed by atoms with Gasteiger partial charge in [-0.15, -0.1) is 0 Å². The molecule has 1 N–H and O–H groups in total. The third kappa shape index (κ3) is 4.52. The fraction of sp³-hybridized carbons (Fsp3) is 0.556. The van der Waals surface area contributed by atoms with Crippen LogP contribution in [0.15, 0.2) is 24.3 Å². The molecule has 1 aromatic carbocycles. The van der Waals surface area contributed by atoms with Crippen LogP contribution in [-0.4, -0.2) is 18.5 Å². The van der Waals surface area contributed by atoms with Gasteiger partial charge in [-0.1, -0.05) is 12.5 Å². The van der Waals surface area contributed by atoms with Gasteiger partial charge in [-0.25, -0.2) is 0 Å². The molecule has 1 aromatic rings. The SMILES string of the molecule is O=C(COC(=O)C[C@H]1C[C@H]2CC[C@@H]1C2)Nc1cccc(C(F)(F)F)c1. The second-order valence-corrected chi connectivity index (χ2v) is 6.93. The highest BCUT2D eigenvalue weighted by Crippen LogP contribution is 2.49. The van der Waals surface area contributed by atoms with E-state index in [-0.39, 0.29) is 5.69 Å². The molecule has 2 aliphatic rings. The first-order chi connectivity index (χ1) is 11.8. The smallest absolute Gasteiger partial charge is 0.416 e. The van der Waals surface area contributed by atoms with Gasteiger partial charge in [-0.3, -0.25) is 9.59 Å². The van der Waals surface area contributed by atoms with Crippen LogP contribution in [0.3, 0.4) is 0 Å². The minimum atomic E-state index is -4.48. The largest absolute Gasteiger partial charge is 0.456 e. The van der Waals surface area contributed by atoms with E-state index in [1.54, 1.807) is 0 Å². The van der Waals surface area contributed by atoms with Gasteiger partial charge in [0.1, 0.15) is 0 Å². The number of anilines is 1. The molecule has 7 heteroatoms. The summed E-state index contributed by atoms with van der Waals surface area (Å²) >= 11 is 0. The number of fused-ring (bicyclic) bond motifs is 2. The number of halogens is 3. The topological polar surface area (TPSA) is 55.4 Å². The first kappa shape index (κ1) is 17.8. The van der Waals surface area contributed by atoms with E-state index in [0.717, 1.165) is 24.5 Å². The fourth-order valence-electron chi connectivity index (χ4n) is 4.02. The van der Waals surface area contributed by atoms with Crippen molar-refractivity contribution in [2.45, 2.75) is 38.3 Å². The number of carbonyl (C=O) groups excluding carboxylic acids is 2. The Balaban J connectivity index is 1.44. The summed E-state index contributed by atoms with van der Waals surface area (Å²) < 4.78 is 42.9. The van der Waals surface area contributed by atoms with E-state index in [1.807, 2.05) is 0 Å². The van der Waals surface area contributed by atoms with E-state index < -0.39 is 30.2 Å². The van der Waals surface area contributed by atoms with E-state index in [0.29, 0.717) is 18.3 Å². The van der Waals surface area contributed by atoms with Gasteiger partial charge in [0.25, 0.3) is 5.91 Å². The van der Waals surface area contributed by atoms with Crippen molar-refractivity contribution < 1.29 is 27.5 Å². The highest BCUT2D eigenvalue weighted by molar-refractivity contribution is 5.92. The monoisotopic (exact) mass is 355 g/mol. The summed E-state index contributed by atoms with van der Waals surface area (Å²) in [4.78, 5) is 23.6. The van der Waals surface area contributed by atoms with Crippen LogP contribution in [0.1, 0.15) is 37.7 Å². The predicted octanol–water partition coefficient (Wildman–Crippen LogP) is 4.01. The molecule has 3 rings (SSSR count). The zero-order valence-electron chi connectivity index (χ0n) is 13.6. The van der Waals surface area contributed by atoms with Gasteiger partial charge in [-0.05, 0) is 55.2 Å². The van der Waals surface area contributed by atoms with Crippen LogP contribution in [-0.2, 0) is 20.5 Å². The van der Waals surface area contributed by atoms with Crippen LogP contribution < -0.4 is 5.32 Å². The van der Waals surface area contributed by atoms with Crippen LogP contribution in [0, 0.1) is 17.8 Å². The molecule has 136 valence electrons. The Morgan fingerprint density at radius 3 is 2.64 bits per heavy atom. The lowest BCUT2D eigenvalue weighted by Gasteiger charge is -2.20. The highest BCUT2D eigenvalue weighted by atomic mass is 19.4. The molecule has 2 saturated carbocycles. The van der Waals surface area contributed by atoms with Crippen molar-refractivity contribution in [3.8, 4) is 0 Å². The standard InChI is InChI=1S/C18H20F3NO3/c19-18(20,21)14-2-1-3-15(9-14)22-16(23)10-25-17(24)8-13-7-11-4-5-12(13)6-11/h1-3,9,11-13H,4-8,10H2,(H,22,23)/t11-,12+,13+/m0/s1. The van der Waals surface area contributed by atoms with Crippen LogP contribution in [0.4, 0.5) is 18.9 Å². The lowest BCUT2D eigenvalue weighted by Crippen LogP contribution is -2.23. The van der Waals surface area contributed by atoms with E-state index >= 15 is 0 Å². The third-order valence-corrected chi connectivity index (χ3v) is 5.15. The minimum absolute atomic E-state index is 0.0176. The Morgan fingerprint density at radius 2 is 2.00 bits per heavy atom. The van der Waals surface area contributed by atoms with Gasteiger partial charge in [0.2, 0.25) is 0 Å². The van der Waals surface area contributed by atoms with Gasteiger partial charge in [0, 0.05) is 12.1 Å². The molecule has 0 radical (unpaired) electrons. The normalized spacial score (nSPS) is 25.0. The lowest BCUT2D eigenvalue weighted by atomic mass is 9.86. The zero-order chi connectivity index (χ0) is 18.0. The molecule has 2 fully saturated rings. The first-order valence-electron chi connectivity index (χ1n) is 8.44. The summed E-state index contributed by atoms with van der Waals surface area (Å²) in [7, 11) is 0. The molecule has 2 bridgehead atoms. The minimum Gasteiger partial charge on any atom is -0.456 e. The van der Waals surface area contributed by atoms with Crippen molar-refractivity contribution in [1.82, 2.24) is 0 Å². The Morgan fingerprint density at radius 1 is 1.20 bits per heavy atom. The van der Waals surface area contributed by atoms with Gasteiger partial charge in [0.05, 0.1) is 5.56 Å². The van der Waals surface area contributed by atoms with Crippen LogP contribution >= 0.6 is 0 Å². The predicted molar refractivity (Wildman–Crippen MR) is 84.6 cm³/mol. The van der Waals surface area contributed by atoms with E-state index in [1.165, 1.54) is 31.4 Å². The molecule has 0 saturated heterocycles. The number of benzene rings is 1. The number of carbonyl (C=O) groups is 2. The molecule has 0 unspecified atom stereocenters. The summed E-state index contributed by atoms with van der Waals surface area (Å²) in [5, 5.41) is 2.31. The zero-order valence-corrected chi connectivity index (χ0v) is 13.6. The van der Waals surface area contributed by atoms with Crippen LogP contribution in [0.2, 0.25) is 0 Å². The lowest BCUT2D eigenvalue weighted by molar-refractivity contribution is -0.148. The maximum atomic E-state index is 12.6. The second kappa shape index (κ2) is 7.06. The van der Waals surface area contributed by atoms with Crippen molar-refractivity contribution in [3.05, 3.63) is 29.8 Å². The second-order valence-electron chi connectivity index (χ2n) is 6.93. The van der Waals surface area contributed by atoms with Gasteiger partial charge in [-0.2, -0.15) is 13.2 Å². The number of hydrogen-bond donors (Lipinski definition) is 1. The number of hydrogen-bond acceptors (Lipinski definition) is 3. The molecular formula is C18H20F3NO3. The number of esters is 1. The van der Waals surface area contributed by atoms with Gasteiger partial charge >= 0.3 is 12.1 Å². The Hall–Kier alpha value is -2.05. The highest BCUT2D eigenvalue weighted by Gasteiger charge is 2.40. The van der Waals surface area contributed by atoms with Crippen LogP contribution in [0.25, 0.3) is 0 Å². The summed E-state index contributed by atoms with van der Waals surface area (Å²) in [6, 6.07) is 4.32. The molecule has 4 nitrogen and oxygen atoms in total. The fourth-order valence-corrected chi connectivity index (χ4v) is 4.02. The number of amides is 1. The summed E-state index contributed by atoms with van der Waals surface area (Å²) in [6.07, 6.45) is 0.490. The van der Waals surface area contributed by atoms with E-state index in [4.69, 9.17) is 4.74 Å². The maximum Gasteiger partial charge on any atom is 0.416 e. The Bertz CT molecular complexity index is 659. The quantitative estimate of drug-likeness (QED) is 0.812. The molecule has 25 heavy (non-hydrogen) atoms. The van der Waals surface area contributed by atoms with Gasteiger partial charge < -0.3 is 10.1 Å². The molecule has 0 heterocycles. The Labute approximate surface area is 143 Å². The summed E-state index contributed by atoms with van der Waals surface area (Å²) in [6.45, 7) is -0.490. The summed E-state index contributed by atoms with van der Waals surface area (Å²) in [5.74, 6) is 0.596. The average molecular weight is 355 g/mol. The summed E-state index contributed by atoms with van der Waals surface area (Å²) in [5.41, 5.74) is -0.831. The molecule has 0 spiro atoms. The average Bonchev–Trinajstić information content (AvgIpc) is 3.15. The van der Waals surface area contributed by atoms with Crippen molar-refractivity contribution >= 4 is 17.6 Å². The van der Waals surface area contributed by atoms with Crippen LogP contribution in [0.5, 0.6) is 0 Å². The number of rotatable bonds is 5. The number of ether oxygens (including phenoxy) is 1. The van der Waals surface area contributed by atoms with Gasteiger partial charge in [0.15, 0.2) is 6.61 Å². The van der Waals surface area contributed by atoms with E-state index in [9.17, 15) is 22.8 Å². The molecule has 3 atom stereocenters. The van der Waals surface area contributed by atoms with Crippen molar-refractivity contribution in [3.63, 3.8) is 0 Å². The Kier molecular flexibility index (Phi) is 5.01. The maximum absolute atomic E-state index is 12.6. The first-order valence-corrected chi connectivity index (χ1v) is 8.44.